The number of hydrogen-bond donors (Lipinski definition) is 2. The number of rotatable bonds is 3. The number of carbonyl (C=O) groups excluding carboxylic acids is 2. The summed E-state index contributed by atoms with van der Waals surface area (Å²) in [4.78, 5) is 34.1. The van der Waals surface area contributed by atoms with Crippen molar-refractivity contribution in [2.24, 2.45) is 5.92 Å². The second-order valence-electron chi connectivity index (χ2n) is 10.2. The average molecular weight is 528 g/mol. The summed E-state index contributed by atoms with van der Waals surface area (Å²) in [5.74, 6) is 0.225. The summed E-state index contributed by atoms with van der Waals surface area (Å²) in [7, 11) is 0. The van der Waals surface area contributed by atoms with Gasteiger partial charge in [0, 0.05) is 43.3 Å². The Balaban J connectivity index is 1.10. The van der Waals surface area contributed by atoms with E-state index in [1.165, 1.54) is 12.1 Å². The highest BCUT2D eigenvalue weighted by molar-refractivity contribution is 5.97. The van der Waals surface area contributed by atoms with Gasteiger partial charge in [0.05, 0.1) is 11.5 Å². The molecule has 3 fully saturated rings. The molecule has 6 rings (SSSR count). The van der Waals surface area contributed by atoms with E-state index in [0.717, 1.165) is 37.8 Å². The van der Waals surface area contributed by atoms with Crippen molar-refractivity contribution < 1.29 is 27.2 Å². The first kappa shape index (κ1) is 24.9. The number of halogens is 3. The van der Waals surface area contributed by atoms with Crippen molar-refractivity contribution in [1.82, 2.24) is 25.4 Å². The fourth-order valence-electron chi connectivity index (χ4n) is 5.68. The first-order valence-electron chi connectivity index (χ1n) is 12.9. The molecule has 3 unspecified atom stereocenters. The van der Waals surface area contributed by atoms with Crippen LogP contribution in [-0.4, -0.2) is 65.1 Å². The highest BCUT2D eigenvalue weighted by Gasteiger charge is 2.40. The molecule has 0 radical (unpaired) electrons. The lowest BCUT2D eigenvalue weighted by molar-refractivity contribution is -0.137. The number of aromatic nitrogens is 1. The molecule has 1 aliphatic carbocycles. The van der Waals surface area contributed by atoms with Crippen molar-refractivity contribution in [1.29, 1.82) is 0 Å². The maximum atomic E-state index is 13.2. The van der Waals surface area contributed by atoms with Crippen molar-refractivity contribution in [2.45, 2.75) is 44.2 Å². The van der Waals surface area contributed by atoms with E-state index in [1.54, 1.807) is 23.1 Å². The lowest BCUT2D eigenvalue weighted by atomic mass is 9.82. The Morgan fingerprint density at radius 3 is 2.47 bits per heavy atom. The molecular formula is C27H28F3N5O3. The fraction of sp³-hybridized carbons (Fsp3) is 0.444. The van der Waals surface area contributed by atoms with E-state index in [4.69, 9.17) is 4.42 Å². The van der Waals surface area contributed by atoms with Gasteiger partial charge in [0.25, 0.3) is 5.91 Å². The molecule has 1 saturated carbocycles. The van der Waals surface area contributed by atoms with Gasteiger partial charge in [-0.15, -0.1) is 0 Å². The minimum absolute atomic E-state index is 0.0497. The number of carbonyl (C=O) groups is 2. The van der Waals surface area contributed by atoms with Crippen molar-refractivity contribution in [2.75, 3.05) is 26.2 Å². The van der Waals surface area contributed by atoms with E-state index in [-0.39, 0.29) is 36.0 Å². The van der Waals surface area contributed by atoms with Crippen LogP contribution in [0.3, 0.4) is 0 Å². The van der Waals surface area contributed by atoms with Crippen LogP contribution in [0.5, 0.6) is 0 Å². The minimum atomic E-state index is -4.42. The van der Waals surface area contributed by atoms with Gasteiger partial charge >= 0.3 is 6.18 Å². The van der Waals surface area contributed by atoms with Crippen LogP contribution in [0.15, 0.2) is 46.9 Å². The number of nitrogens with zero attached hydrogens (tertiary/aromatic N) is 3. The Kier molecular flexibility index (Phi) is 6.35. The molecule has 2 saturated heterocycles. The second-order valence-corrected chi connectivity index (χ2v) is 10.2. The number of nitrogens with one attached hydrogen (secondary N) is 2. The number of alkyl halides is 3. The van der Waals surface area contributed by atoms with Gasteiger partial charge in [-0.05, 0) is 55.3 Å². The van der Waals surface area contributed by atoms with Gasteiger partial charge in [-0.25, -0.2) is 4.98 Å². The fourth-order valence-corrected chi connectivity index (χ4v) is 5.68. The Morgan fingerprint density at radius 1 is 1.00 bits per heavy atom. The number of oxazole rings is 1. The molecule has 11 heteroatoms. The number of piperazine rings is 1. The zero-order valence-corrected chi connectivity index (χ0v) is 20.6. The van der Waals surface area contributed by atoms with Crippen LogP contribution in [0.25, 0.3) is 22.6 Å². The van der Waals surface area contributed by atoms with Crippen molar-refractivity contribution in [3.63, 3.8) is 0 Å². The molecule has 3 aromatic rings. The van der Waals surface area contributed by atoms with E-state index in [9.17, 15) is 22.8 Å². The third-order valence-electron chi connectivity index (χ3n) is 7.81. The summed E-state index contributed by atoms with van der Waals surface area (Å²) in [5.41, 5.74) is 1.03. The van der Waals surface area contributed by atoms with E-state index < -0.39 is 11.7 Å². The lowest BCUT2D eigenvalue weighted by Gasteiger charge is -2.46. The maximum absolute atomic E-state index is 13.2. The molecule has 0 bridgehead atoms. The molecule has 38 heavy (non-hydrogen) atoms. The monoisotopic (exact) mass is 527 g/mol. The summed E-state index contributed by atoms with van der Waals surface area (Å²) < 4.78 is 44.4. The third-order valence-corrected chi connectivity index (χ3v) is 7.81. The quantitative estimate of drug-likeness (QED) is 0.538. The summed E-state index contributed by atoms with van der Waals surface area (Å²) in [6, 6.07) is 9.80. The highest BCUT2D eigenvalue weighted by atomic mass is 19.4. The molecule has 200 valence electrons. The van der Waals surface area contributed by atoms with Gasteiger partial charge in [-0.3, -0.25) is 19.8 Å². The standard InChI is InChI=1S/C27H28F3N5O3/c28-27(29,30)18-8-5-16(6-9-18)24-31-21-10-7-17(15-22(21)38-24)25(37)34-11-13-35(14-12-34)26-32-20-4-2-1-3-19(20)23(36)33-26/h5-10,15,19-20,26,32H,1-4,11-14H2,(H,33,36). The van der Waals surface area contributed by atoms with Gasteiger partial charge in [0.2, 0.25) is 11.8 Å². The third kappa shape index (κ3) is 4.76. The predicted octanol–water partition coefficient (Wildman–Crippen LogP) is 3.83. The van der Waals surface area contributed by atoms with Gasteiger partial charge in [0.15, 0.2) is 5.58 Å². The molecule has 3 heterocycles. The zero-order chi connectivity index (χ0) is 26.4. The Morgan fingerprint density at radius 2 is 1.74 bits per heavy atom. The number of benzene rings is 2. The average Bonchev–Trinajstić information content (AvgIpc) is 3.36. The lowest BCUT2D eigenvalue weighted by Crippen LogP contribution is -2.69. The maximum Gasteiger partial charge on any atom is 0.416 e. The molecule has 1 aromatic heterocycles. The smallest absolute Gasteiger partial charge is 0.416 e. The summed E-state index contributed by atoms with van der Waals surface area (Å²) >= 11 is 0. The van der Waals surface area contributed by atoms with E-state index in [2.05, 4.69) is 20.5 Å². The molecule has 3 atom stereocenters. The van der Waals surface area contributed by atoms with Crippen molar-refractivity contribution >= 4 is 22.9 Å². The first-order valence-corrected chi connectivity index (χ1v) is 12.9. The molecule has 8 nitrogen and oxygen atoms in total. The van der Waals surface area contributed by atoms with E-state index in [0.29, 0.717) is 48.4 Å². The minimum Gasteiger partial charge on any atom is -0.436 e. The zero-order valence-electron chi connectivity index (χ0n) is 20.6. The Bertz CT molecular complexity index is 1350. The summed E-state index contributed by atoms with van der Waals surface area (Å²) in [6.45, 7) is 2.30. The van der Waals surface area contributed by atoms with Gasteiger partial charge in [-0.2, -0.15) is 13.2 Å². The van der Waals surface area contributed by atoms with E-state index in [1.807, 2.05) is 0 Å². The van der Waals surface area contributed by atoms with Gasteiger partial charge in [-0.1, -0.05) is 12.8 Å². The van der Waals surface area contributed by atoms with Crippen LogP contribution >= 0.6 is 0 Å². The number of amides is 2. The molecule has 2 N–H and O–H groups in total. The van der Waals surface area contributed by atoms with Crippen LogP contribution in [0.4, 0.5) is 13.2 Å². The van der Waals surface area contributed by atoms with Gasteiger partial charge in [0.1, 0.15) is 11.8 Å². The topological polar surface area (TPSA) is 90.7 Å². The molecule has 2 aromatic carbocycles. The predicted molar refractivity (Wildman–Crippen MR) is 133 cm³/mol. The number of fused-ring (bicyclic) bond motifs is 2. The molecular weight excluding hydrogens is 499 g/mol. The normalized spacial score (nSPS) is 24.8. The molecule has 2 amide bonds. The Labute approximate surface area is 217 Å². The Hall–Kier alpha value is -3.44. The summed E-state index contributed by atoms with van der Waals surface area (Å²) in [5, 5.41) is 6.70. The largest absolute Gasteiger partial charge is 0.436 e. The molecule has 2 aliphatic heterocycles. The van der Waals surface area contributed by atoms with Crippen LogP contribution in [-0.2, 0) is 11.0 Å². The van der Waals surface area contributed by atoms with Crippen LogP contribution in [0.1, 0.15) is 41.6 Å². The van der Waals surface area contributed by atoms with Crippen molar-refractivity contribution in [3.05, 3.63) is 53.6 Å². The van der Waals surface area contributed by atoms with Crippen LogP contribution < -0.4 is 10.6 Å². The number of hydrogen-bond acceptors (Lipinski definition) is 6. The van der Waals surface area contributed by atoms with E-state index >= 15 is 0 Å². The van der Waals surface area contributed by atoms with Gasteiger partial charge < -0.3 is 14.6 Å². The van der Waals surface area contributed by atoms with Crippen LogP contribution in [0.2, 0.25) is 0 Å². The second kappa shape index (κ2) is 9.70. The van der Waals surface area contributed by atoms with Crippen LogP contribution in [0, 0.1) is 5.92 Å². The highest BCUT2D eigenvalue weighted by Crippen LogP contribution is 2.32. The SMILES string of the molecule is O=C1NC(N2CCN(C(=O)c3ccc4nc(-c5ccc(C(F)(F)F)cc5)oc4c3)CC2)NC2CCCCC12. The molecule has 0 spiro atoms. The first-order chi connectivity index (χ1) is 18.3. The summed E-state index contributed by atoms with van der Waals surface area (Å²) in [6.07, 6.45) is -0.457. The molecule has 3 aliphatic rings. The van der Waals surface area contributed by atoms with Crippen molar-refractivity contribution in [3.8, 4) is 11.5 Å².